The first-order valence-electron chi connectivity index (χ1n) is 6.79. The summed E-state index contributed by atoms with van der Waals surface area (Å²) in [6.45, 7) is 9.51. The monoisotopic (exact) mass is 294 g/mol. The van der Waals surface area contributed by atoms with Crippen molar-refractivity contribution in [3.63, 3.8) is 0 Å². The zero-order chi connectivity index (χ0) is 15.1. The van der Waals surface area contributed by atoms with Crippen molar-refractivity contribution in [2.75, 3.05) is 12.3 Å². The second-order valence-electron chi connectivity index (χ2n) is 5.46. The Morgan fingerprint density at radius 2 is 1.95 bits per heavy atom. The van der Waals surface area contributed by atoms with Crippen LogP contribution in [-0.4, -0.2) is 25.3 Å². The van der Waals surface area contributed by atoms with Crippen LogP contribution in [-0.2, 0) is 10.0 Å². The second-order valence-corrected chi connectivity index (χ2v) is 7.28. The minimum Gasteiger partial charge on any atom is -0.398 e. The van der Waals surface area contributed by atoms with Crippen molar-refractivity contribution in [2.24, 2.45) is 0 Å². The number of nitrogens with zero attached hydrogens (tertiary/aromatic N) is 1. The Morgan fingerprint density at radius 1 is 1.35 bits per heavy atom. The number of anilines is 1. The number of hydrogen-bond donors (Lipinski definition) is 1. The zero-order valence-electron chi connectivity index (χ0n) is 12.3. The fraction of sp³-hybridized carbons (Fsp3) is 0.467. The normalized spacial score (nSPS) is 15.6. The smallest absolute Gasteiger partial charge is 0.244 e. The van der Waals surface area contributed by atoms with E-state index in [9.17, 15) is 8.42 Å². The molecule has 0 amide bonds. The van der Waals surface area contributed by atoms with Gasteiger partial charge < -0.3 is 5.73 Å². The number of sulfonamides is 1. The molecule has 2 rings (SSSR count). The van der Waals surface area contributed by atoms with Gasteiger partial charge in [0.25, 0.3) is 0 Å². The average Bonchev–Trinajstić information content (AvgIpc) is 3.17. The molecule has 0 saturated heterocycles. The molecule has 1 aromatic carbocycles. The predicted octanol–water partition coefficient (Wildman–Crippen LogP) is 2.53. The molecule has 20 heavy (non-hydrogen) atoms. The fourth-order valence-corrected chi connectivity index (χ4v) is 4.67. The summed E-state index contributed by atoms with van der Waals surface area (Å²) in [6, 6.07) is 1.94. The molecule has 0 aliphatic heterocycles. The fourth-order valence-electron chi connectivity index (χ4n) is 2.48. The van der Waals surface area contributed by atoms with E-state index in [4.69, 9.17) is 5.73 Å². The third-order valence-corrected chi connectivity index (χ3v) is 6.10. The number of hydrogen-bond acceptors (Lipinski definition) is 3. The van der Waals surface area contributed by atoms with Crippen LogP contribution in [0.5, 0.6) is 0 Å². The molecule has 0 spiro atoms. The highest BCUT2D eigenvalue weighted by Crippen LogP contribution is 2.36. The first-order valence-corrected chi connectivity index (χ1v) is 8.23. The van der Waals surface area contributed by atoms with E-state index in [1.807, 2.05) is 19.9 Å². The molecule has 0 atom stereocenters. The molecule has 0 aromatic heterocycles. The van der Waals surface area contributed by atoms with Gasteiger partial charge in [-0.3, -0.25) is 0 Å². The van der Waals surface area contributed by atoms with Gasteiger partial charge in [0.05, 0.1) is 4.90 Å². The Bertz CT molecular complexity index is 620. The van der Waals surface area contributed by atoms with E-state index in [-0.39, 0.29) is 6.04 Å². The lowest BCUT2D eigenvalue weighted by Crippen LogP contribution is -2.34. The highest BCUT2D eigenvalue weighted by Gasteiger charge is 2.38. The molecule has 1 saturated carbocycles. The topological polar surface area (TPSA) is 63.4 Å². The Labute approximate surface area is 121 Å². The maximum Gasteiger partial charge on any atom is 0.244 e. The Kier molecular flexibility index (Phi) is 3.93. The van der Waals surface area contributed by atoms with E-state index < -0.39 is 10.0 Å². The molecule has 1 aromatic rings. The highest BCUT2D eigenvalue weighted by molar-refractivity contribution is 7.89. The quantitative estimate of drug-likeness (QED) is 0.670. The van der Waals surface area contributed by atoms with Crippen molar-refractivity contribution in [3.05, 3.63) is 35.4 Å². The van der Waals surface area contributed by atoms with E-state index in [2.05, 4.69) is 6.58 Å². The van der Waals surface area contributed by atoms with Crippen LogP contribution in [0, 0.1) is 20.8 Å². The minimum atomic E-state index is -3.52. The summed E-state index contributed by atoms with van der Waals surface area (Å²) in [6.07, 6.45) is 3.48. The summed E-state index contributed by atoms with van der Waals surface area (Å²) in [7, 11) is -3.52. The van der Waals surface area contributed by atoms with Gasteiger partial charge in [-0.2, -0.15) is 4.31 Å². The van der Waals surface area contributed by atoms with Crippen LogP contribution in [0.3, 0.4) is 0 Å². The van der Waals surface area contributed by atoms with Crippen LogP contribution in [0.15, 0.2) is 23.6 Å². The van der Waals surface area contributed by atoms with Crippen LogP contribution in [0.2, 0.25) is 0 Å². The molecule has 0 unspecified atom stereocenters. The van der Waals surface area contributed by atoms with Crippen molar-refractivity contribution >= 4 is 15.7 Å². The van der Waals surface area contributed by atoms with Crippen LogP contribution >= 0.6 is 0 Å². The number of aryl methyl sites for hydroxylation is 1. The van der Waals surface area contributed by atoms with E-state index in [0.29, 0.717) is 22.7 Å². The molecule has 4 nitrogen and oxygen atoms in total. The first-order chi connectivity index (χ1) is 9.30. The third kappa shape index (κ3) is 2.47. The minimum absolute atomic E-state index is 0.110. The van der Waals surface area contributed by atoms with Crippen molar-refractivity contribution in [1.82, 2.24) is 4.31 Å². The van der Waals surface area contributed by atoms with Gasteiger partial charge in [0, 0.05) is 18.3 Å². The van der Waals surface area contributed by atoms with Gasteiger partial charge in [-0.15, -0.1) is 6.58 Å². The van der Waals surface area contributed by atoms with Gasteiger partial charge in [-0.05, 0) is 56.4 Å². The van der Waals surface area contributed by atoms with Crippen LogP contribution in [0.25, 0.3) is 0 Å². The van der Waals surface area contributed by atoms with Crippen LogP contribution in [0.4, 0.5) is 5.69 Å². The van der Waals surface area contributed by atoms with Crippen LogP contribution in [0.1, 0.15) is 29.5 Å². The summed E-state index contributed by atoms with van der Waals surface area (Å²) in [5.41, 5.74) is 8.81. The van der Waals surface area contributed by atoms with E-state index in [0.717, 1.165) is 24.0 Å². The molecule has 1 aliphatic rings. The summed E-state index contributed by atoms with van der Waals surface area (Å²) < 4.78 is 27.5. The number of benzene rings is 1. The van der Waals surface area contributed by atoms with Gasteiger partial charge >= 0.3 is 0 Å². The number of nitrogens with two attached hydrogens (primary N) is 1. The molecule has 0 heterocycles. The Hall–Kier alpha value is -1.33. The molecule has 2 N–H and O–H groups in total. The van der Waals surface area contributed by atoms with Gasteiger partial charge in [-0.1, -0.05) is 6.08 Å². The van der Waals surface area contributed by atoms with Gasteiger partial charge in [0.1, 0.15) is 0 Å². The maximum absolute atomic E-state index is 13.0. The number of rotatable bonds is 5. The van der Waals surface area contributed by atoms with Crippen molar-refractivity contribution in [1.29, 1.82) is 0 Å². The standard InChI is InChI=1S/C15H22N2O2S/c1-5-8-17(13-6-7-13)20(18,19)15-11(3)10(2)9-14(16)12(15)4/h5,9,13H,1,6-8,16H2,2-4H3. The lowest BCUT2D eigenvalue weighted by atomic mass is 10.1. The lowest BCUT2D eigenvalue weighted by molar-refractivity contribution is 0.435. The zero-order valence-corrected chi connectivity index (χ0v) is 13.1. The molecular weight excluding hydrogens is 272 g/mol. The molecule has 1 aliphatic carbocycles. The molecular formula is C15H22N2O2S. The lowest BCUT2D eigenvalue weighted by Gasteiger charge is -2.24. The second kappa shape index (κ2) is 5.22. The van der Waals surface area contributed by atoms with Crippen molar-refractivity contribution in [3.8, 4) is 0 Å². The largest absolute Gasteiger partial charge is 0.398 e. The SMILES string of the molecule is C=CCN(C1CC1)S(=O)(=O)c1c(C)c(C)cc(N)c1C. The third-order valence-electron chi connectivity index (χ3n) is 3.91. The van der Waals surface area contributed by atoms with Crippen molar-refractivity contribution < 1.29 is 8.42 Å². The predicted molar refractivity (Wildman–Crippen MR) is 82.2 cm³/mol. The maximum atomic E-state index is 13.0. The van der Waals surface area contributed by atoms with E-state index >= 15 is 0 Å². The van der Waals surface area contributed by atoms with Gasteiger partial charge in [0.15, 0.2) is 0 Å². The summed E-state index contributed by atoms with van der Waals surface area (Å²) in [5.74, 6) is 0. The van der Waals surface area contributed by atoms with Gasteiger partial charge in [-0.25, -0.2) is 8.42 Å². The average molecular weight is 294 g/mol. The summed E-state index contributed by atoms with van der Waals surface area (Å²) >= 11 is 0. The molecule has 0 radical (unpaired) electrons. The Balaban J connectivity index is 2.62. The molecule has 110 valence electrons. The van der Waals surface area contributed by atoms with Crippen molar-refractivity contribution in [2.45, 2.75) is 44.6 Å². The van der Waals surface area contributed by atoms with Gasteiger partial charge in [0.2, 0.25) is 10.0 Å². The molecule has 0 bridgehead atoms. The Morgan fingerprint density at radius 3 is 2.45 bits per heavy atom. The summed E-state index contributed by atoms with van der Waals surface area (Å²) in [4.78, 5) is 0.365. The van der Waals surface area contributed by atoms with E-state index in [1.54, 1.807) is 17.3 Å². The van der Waals surface area contributed by atoms with Crippen LogP contribution < -0.4 is 5.73 Å². The summed E-state index contributed by atoms with van der Waals surface area (Å²) in [5, 5.41) is 0. The first kappa shape index (κ1) is 15.1. The highest BCUT2D eigenvalue weighted by atomic mass is 32.2. The number of nitrogen functional groups attached to an aromatic ring is 1. The van der Waals surface area contributed by atoms with E-state index in [1.165, 1.54) is 0 Å². The molecule has 5 heteroatoms. The molecule has 1 fully saturated rings.